The van der Waals surface area contributed by atoms with Gasteiger partial charge < -0.3 is 18.9 Å². The second kappa shape index (κ2) is 12.3. The van der Waals surface area contributed by atoms with Crippen LogP contribution in [0.3, 0.4) is 0 Å². The van der Waals surface area contributed by atoms with Gasteiger partial charge in [-0.05, 0) is 35.1 Å². The molecule has 4 rings (SSSR count). The summed E-state index contributed by atoms with van der Waals surface area (Å²) < 4.78 is 23.1. The SMILES string of the molecule is CCCCC1(COCc2ccc(-c3ccc(COCC4(CCCC)COC4)cc3)cc2)COC1. The van der Waals surface area contributed by atoms with E-state index in [1.165, 1.54) is 60.8 Å². The maximum atomic E-state index is 6.08. The molecule has 4 heteroatoms. The van der Waals surface area contributed by atoms with Gasteiger partial charge in [-0.3, -0.25) is 0 Å². The van der Waals surface area contributed by atoms with E-state index in [0.29, 0.717) is 13.2 Å². The van der Waals surface area contributed by atoms with E-state index in [-0.39, 0.29) is 10.8 Å². The molecule has 0 saturated carbocycles. The predicted octanol–water partition coefficient (Wildman–Crippen LogP) is 6.80. The first-order valence-electron chi connectivity index (χ1n) is 13.2. The van der Waals surface area contributed by atoms with Crippen LogP contribution < -0.4 is 0 Å². The Bertz CT molecular complexity index is 777. The summed E-state index contributed by atoms with van der Waals surface area (Å²) in [6.45, 7) is 10.8. The summed E-state index contributed by atoms with van der Waals surface area (Å²) >= 11 is 0. The molecule has 2 saturated heterocycles. The summed E-state index contributed by atoms with van der Waals surface area (Å²) in [5, 5.41) is 0. The lowest BCUT2D eigenvalue weighted by Gasteiger charge is -2.41. The quantitative estimate of drug-likeness (QED) is 0.289. The van der Waals surface area contributed by atoms with Crippen molar-refractivity contribution >= 4 is 0 Å². The van der Waals surface area contributed by atoms with Crippen molar-refractivity contribution in [3.8, 4) is 11.1 Å². The molecular weight excluding hydrogens is 424 g/mol. The molecule has 2 aliphatic rings. The van der Waals surface area contributed by atoms with Crippen molar-refractivity contribution in [2.75, 3.05) is 39.6 Å². The molecule has 0 atom stereocenters. The third kappa shape index (κ3) is 6.69. The van der Waals surface area contributed by atoms with E-state index in [1.54, 1.807) is 0 Å². The fourth-order valence-corrected chi connectivity index (χ4v) is 4.84. The van der Waals surface area contributed by atoms with E-state index in [0.717, 1.165) is 39.6 Å². The lowest BCUT2D eigenvalue weighted by atomic mass is 9.82. The molecule has 186 valence electrons. The van der Waals surface area contributed by atoms with Crippen LogP contribution in [0.4, 0.5) is 0 Å². The third-order valence-corrected chi connectivity index (χ3v) is 7.35. The Morgan fingerprint density at radius 1 is 0.618 bits per heavy atom. The van der Waals surface area contributed by atoms with E-state index < -0.39 is 0 Å². The molecule has 0 N–H and O–H groups in total. The van der Waals surface area contributed by atoms with Gasteiger partial charge in [0.1, 0.15) is 0 Å². The van der Waals surface area contributed by atoms with Crippen molar-refractivity contribution in [2.24, 2.45) is 10.8 Å². The minimum absolute atomic E-state index is 0.253. The Kier molecular flexibility index (Phi) is 9.18. The molecule has 0 amide bonds. The lowest BCUT2D eigenvalue weighted by molar-refractivity contribution is -0.155. The summed E-state index contributed by atoms with van der Waals surface area (Å²) in [5.74, 6) is 0. The summed E-state index contributed by atoms with van der Waals surface area (Å²) in [6.07, 6.45) is 7.37. The summed E-state index contributed by atoms with van der Waals surface area (Å²) in [6, 6.07) is 17.5. The van der Waals surface area contributed by atoms with E-state index in [9.17, 15) is 0 Å². The molecule has 0 radical (unpaired) electrons. The maximum Gasteiger partial charge on any atom is 0.0717 e. The number of hydrogen-bond donors (Lipinski definition) is 0. The largest absolute Gasteiger partial charge is 0.380 e. The highest BCUT2D eigenvalue weighted by Gasteiger charge is 2.38. The zero-order valence-electron chi connectivity index (χ0n) is 21.2. The van der Waals surface area contributed by atoms with Crippen LogP contribution in [-0.4, -0.2) is 39.6 Å². The van der Waals surface area contributed by atoms with Gasteiger partial charge in [0, 0.05) is 10.8 Å². The van der Waals surface area contributed by atoms with Crippen LogP contribution in [0.1, 0.15) is 63.5 Å². The van der Waals surface area contributed by atoms with Gasteiger partial charge in [-0.2, -0.15) is 0 Å². The molecule has 0 aliphatic carbocycles. The van der Waals surface area contributed by atoms with E-state index in [2.05, 4.69) is 62.4 Å². The van der Waals surface area contributed by atoms with E-state index in [4.69, 9.17) is 18.9 Å². The Morgan fingerprint density at radius 3 is 1.29 bits per heavy atom. The second-order valence-corrected chi connectivity index (χ2v) is 10.6. The number of unbranched alkanes of at least 4 members (excludes halogenated alkanes) is 2. The van der Waals surface area contributed by atoms with Crippen LogP contribution in [0, 0.1) is 10.8 Å². The normalized spacial score (nSPS) is 18.3. The Morgan fingerprint density at radius 2 is 1.00 bits per heavy atom. The highest BCUT2D eigenvalue weighted by Crippen LogP contribution is 2.35. The highest BCUT2D eigenvalue weighted by molar-refractivity contribution is 5.63. The fraction of sp³-hybridized carbons (Fsp3) is 0.600. The van der Waals surface area contributed by atoms with Crippen LogP contribution in [0.25, 0.3) is 11.1 Å². The van der Waals surface area contributed by atoms with Crippen molar-refractivity contribution in [1.82, 2.24) is 0 Å². The van der Waals surface area contributed by atoms with Crippen LogP contribution in [0.5, 0.6) is 0 Å². The average Bonchev–Trinajstić information content (AvgIpc) is 2.82. The van der Waals surface area contributed by atoms with Crippen LogP contribution >= 0.6 is 0 Å². The van der Waals surface area contributed by atoms with Crippen molar-refractivity contribution in [2.45, 2.75) is 65.6 Å². The molecule has 0 spiro atoms. The molecule has 2 aromatic rings. The monoisotopic (exact) mass is 466 g/mol. The zero-order chi connectivity index (χ0) is 23.7. The lowest BCUT2D eigenvalue weighted by Crippen LogP contribution is -2.46. The molecule has 4 nitrogen and oxygen atoms in total. The average molecular weight is 467 g/mol. The predicted molar refractivity (Wildman–Crippen MR) is 137 cm³/mol. The van der Waals surface area contributed by atoms with Gasteiger partial charge in [0.25, 0.3) is 0 Å². The first-order valence-corrected chi connectivity index (χ1v) is 13.2. The Balaban J connectivity index is 1.21. The van der Waals surface area contributed by atoms with Crippen molar-refractivity contribution in [3.05, 3.63) is 59.7 Å². The van der Waals surface area contributed by atoms with Crippen molar-refractivity contribution in [3.63, 3.8) is 0 Å². The topological polar surface area (TPSA) is 36.9 Å². The maximum absolute atomic E-state index is 6.08. The molecule has 0 aromatic heterocycles. The van der Waals surface area contributed by atoms with Gasteiger partial charge in [-0.15, -0.1) is 0 Å². The first kappa shape index (κ1) is 25.4. The molecule has 2 heterocycles. The number of rotatable bonds is 15. The molecule has 34 heavy (non-hydrogen) atoms. The molecule has 2 fully saturated rings. The minimum atomic E-state index is 0.253. The van der Waals surface area contributed by atoms with Gasteiger partial charge in [-0.1, -0.05) is 88.1 Å². The fourth-order valence-electron chi connectivity index (χ4n) is 4.84. The Hall–Kier alpha value is -1.72. The van der Waals surface area contributed by atoms with Gasteiger partial charge in [0.2, 0.25) is 0 Å². The third-order valence-electron chi connectivity index (χ3n) is 7.35. The first-order chi connectivity index (χ1) is 16.7. The van der Waals surface area contributed by atoms with Gasteiger partial charge in [0.05, 0.1) is 52.9 Å². The zero-order valence-corrected chi connectivity index (χ0v) is 21.2. The van der Waals surface area contributed by atoms with E-state index in [1.807, 2.05) is 0 Å². The van der Waals surface area contributed by atoms with Gasteiger partial charge in [0.15, 0.2) is 0 Å². The second-order valence-electron chi connectivity index (χ2n) is 10.6. The van der Waals surface area contributed by atoms with E-state index >= 15 is 0 Å². The van der Waals surface area contributed by atoms with Crippen molar-refractivity contribution in [1.29, 1.82) is 0 Å². The van der Waals surface area contributed by atoms with Crippen LogP contribution in [-0.2, 0) is 32.2 Å². The smallest absolute Gasteiger partial charge is 0.0717 e. The van der Waals surface area contributed by atoms with Gasteiger partial charge >= 0.3 is 0 Å². The summed E-state index contributed by atoms with van der Waals surface area (Å²) in [4.78, 5) is 0. The minimum Gasteiger partial charge on any atom is -0.380 e. The number of hydrogen-bond acceptors (Lipinski definition) is 4. The summed E-state index contributed by atoms with van der Waals surface area (Å²) in [5.41, 5.74) is 5.40. The number of benzene rings is 2. The number of ether oxygens (including phenoxy) is 4. The van der Waals surface area contributed by atoms with Crippen molar-refractivity contribution < 1.29 is 18.9 Å². The van der Waals surface area contributed by atoms with Crippen LogP contribution in [0.2, 0.25) is 0 Å². The molecule has 0 unspecified atom stereocenters. The Labute approximate surface area is 205 Å². The molecule has 2 aromatic carbocycles. The summed E-state index contributed by atoms with van der Waals surface area (Å²) in [7, 11) is 0. The van der Waals surface area contributed by atoms with Gasteiger partial charge in [-0.25, -0.2) is 0 Å². The standard InChI is InChI=1S/C30H42O4/c1-3-5-15-29(21-33-22-29)19-31-17-25-7-11-27(12-8-25)28-13-9-26(10-14-28)18-32-20-30(16-6-4-2)23-34-24-30/h7-14H,3-6,15-24H2,1-2H3. The molecule has 0 bridgehead atoms. The molecule has 2 aliphatic heterocycles. The molecular formula is C30H42O4. The highest BCUT2D eigenvalue weighted by atomic mass is 16.5. The van der Waals surface area contributed by atoms with Crippen LogP contribution in [0.15, 0.2) is 48.5 Å².